The smallest absolute Gasteiger partial charge is 0.198 e. The summed E-state index contributed by atoms with van der Waals surface area (Å²) in [7, 11) is 1.84. The highest BCUT2D eigenvalue weighted by molar-refractivity contribution is 7.71. The maximum absolute atomic E-state index is 5.84. The molecule has 0 saturated carbocycles. The number of furan rings is 1. The molecule has 4 rings (SSSR count). The molecule has 0 spiro atoms. The van der Waals surface area contributed by atoms with Crippen molar-refractivity contribution in [3.8, 4) is 17.3 Å². The SMILES string of the molecule is Cn1c(-c2ccc(COc3ccc4ccccc4c3)o2)n[nH]c1=S. The Kier molecular flexibility index (Phi) is 3.66. The second kappa shape index (κ2) is 5.98. The summed E-state index contributed by atoms with van der Waals surface area (Å²) in [5, 5.41) is 9.25. The van der Waals surface area contributed by atoms with Gasteiger partial charge in [-0.05, 0) is 47.3 Å². The van der Waals surface area contributed by atoms with Crippen LogP contribution in [-0.2, 0) is 13.7 Å². The van der Waals surface area contributed by atoms with Crippen molar-refractivity contribution in [2.75, 3.05) is 0 Å². The molecule has 0 unspecified atom stereocenters. The normalized spacial score (nSPS) is 11.0. The van der Waals surface area contributed by atoms with Crippen molar-refractivity contribution in [2.24, 2.45) is 7.05 Å². The number of fused-ring (bicyclic) bond motifs is 1. The maximum Gasteiger partial charge on any atom is 0.198 e. The topological polar surface area (TPSA) is 56.0 Å². The van der Waals surface area contributed by atoms with Crippen molar-refractivity contribution in [2.45, 2.75) is 6.61 Å². The van der Waals surface area contributed by atoms with Gasteiger partial charge >= 0.3 is 0 Å². The zero-order valence-corrected chi connectivity index (χ0v) is 13.8. The van der Waals surface area contributed by atoms with Crippen LogP contribution in [0, 0.1) is 4.77 Å². The fraction of sp³-hybridized carbons (Fsp3) is 0.111. The van der Waals surface area contributed by atoms with Gasteiger partial charge in [0.1, 0.15) is 18.1 Å². The summed E-state index contributed by atoms with van der Waals surface area (Å²) in [6.45, 7) is 0.354. The average Bonchev–Trinajstić information content (AvgIpc) is 3.20. The van der Waals surface area contributed by atoms with Crippen LogP contribution in [0.2, 0.25) is 0 Å². The van der Waals surface area contributed by atoms with Crippen LogP contribution in [0.3, 0.4) is 0 Å². The molecule has 0 radical (unpaired) electrons. The van der Waals surface area contributed by atoms with E-state index >= 15 is 0 Å². The van der Waals surface area contributed by atoms with Crippen LogP contribution in [0.1, 0.15) is 5.76 Å². The van der Waals surface area contributed by atoms with Gasteiger partial charge in [0.05, 0.1) is 0 Å². The first-order valence-electron chi connectivity index (χ1n) is 7.53. The molecule has 0 amide bonds. The monoisotopic (exact) mass is 337 g/mol. The first-order valence-corrected chi connectivity index (χ1v) is 7.93. The van der Waals surface area contributed by atoms with Crippen LogP contribution in [0.15, 0.2) is 59.0 Å². The second-order valence-electron chi connectivity index (χ2n) is 5.47. The Labute approximate surface area is 143 Å². The molecule has 24 heavy (non-hydrogen) atoms. The third kappa shape index (κ3) is 2.72. The molecule has 0 saturated heterocycles. The highest BCUT2D eigenvalue weighted by Crippen LogP contribution is 2.23. The molecule has 2 aromatic heterocycles. The first kappa shape index (κ1) is 14.7. The van der Waals surface area contributed by atoms with Gasteiger partial charge in [0, 0.05) is 7.05 Å². The summed E-state index contributed by atoms with van der Waals surface area (Å²) in [6.07, 6.45) is 0. The third-order valence-electron chi connectivity index (χ3n) is 3.86. The highest BCUT2D eigenvalue weighted by Gasteiger charge is 2.11. The minimum absolute atomic E-state index is 0.354. The Morgan fingerprint density at radius 1 is 1.12 bits per heavy atom. The molecule has 5 nitrogen and oxygen atoms in total. The number of ether oxygens (including phenoxy) is 1. The number of nitrogens with one attached hydrogen (secondary N) is 1. The lowest BCUT2D eigenvalue weighted by atomic mass is 10.1. The van der Waals surface area contributed by atoms with Gasteiger partial charge in [-0.2, -0.15) is 5.10 Å². The Balaban J connectivity index is 1.51. The molecule has 0 aliphatic rings. The predicted octanol–water partition coefficient (Wildman–Crippen LogP) is 4.47. The van der Waals surface area contributed by atoms with Gasteiger partial charge in [0.15, 0.2) is 16.4 Å². The molecular formula is C18H15N3O2S. The van der Waals surface area contributed by atoms with Gasteiger partial charge in [-0.3, -0.25) is 5.10 Å². The van der Waals surface area contributed by atoms with Gasteiger partial charge in [-0.1, -0.05) is 30.3 Å². The minimum Gasteiger partial charge on any atom is -0.486 e. The third-order valence-corrected chi connectivity index (χ3v) is 4.23. The van der Waals surface area contributed by atoms with Gasteiger partial charge in [-0.15, -0.1) is 0 Å². The molecule has 120 valence electrons. The Bertz CT molecular complexity index is 1060. The number of aromatic nitrogens is 3. The van der Waals surface area contributed by atoms with Crippen molar-refractivity contribution in [3.05, 3.63) is 65.1 Å². The van der Waals surface area contributed by atoms with E-state index in [0.717, 1.165) is 16.9 Å². The fourth-order valence-electron chi connectivity index (χ4n) is 2.55. The molecule has 2 heterocycles. The van der Waals surface area contributed by atoms with Crippen LogP contribution >= 0.6 is 12.2 Å². The number of hydrogen-bond acceptors (Lipinski definition) is 4. The van der Waals surface area contributed by atoms with Crippen molar-refractivity contribution in [3.63, 3.8) is 0 Å². The molecule has 0 atom stereocenters. The molecule has 1 N–H and O–H groups in total. The Morgan fingerprint density at radius 2 is 1.96 bits per heavy atom. The molecule has 0 fully saturated rings. The molecule has 0 bridgehead atoms. The van der Waals surface area contributed by atoms with Crippen molar-refractivity contribution in [1.29, 1.82) is 0 Å². The molecule has 0 aliphatic carbocycles. The number of hydrogen-bond donors (Lipinski definition) is 1. The van der Waals surface area contributed by atoms with Gasteiger partial charge in [0.25, 0.3) is 0 Å². The minimum atomic E-state index is 0.354. The van der Waals surface area contributed by atoms with E-state index in [2.05, 4.69) is 22.3 Å². The standard InChI is InChI=1S/C18H15N3O2S/c1-21-17(19-20-18(21)24)16-9-8-15(23-16)11-22-14-7-6-12-4-2-3-5-13(12)10-14/h2-10H,11H2,1H3,(H,20,24). The van der Waals surface area contributed by atoms with E-state index in [1.165, 1.54) is 5.39 Å². The number of aromatic amines is 1. The van der Waals surface area contributed by atoms with E-state index in [4.69, 9.17) is 21.4 Å². The van der Waals surface area contributed by atoms with E-state index in [1.807, 2.05) is 49.5 Å². The van der Waals surface area contributed by atoms with Crippen LogP contribution in [0.4, 0.5) is 0 Å². The van der Waals surface area contributed by atoms with Gasteiger partial charge in [0.2, 0.25) is 0 Å². The van der Waals surface area contributed by atoms with E-state index in [0.29, 0.717) is 23.0 Å². The van der Waals surface area contributed by atoms with E-state index in [1.54, 1.807) is 4.57 Å². The molecule has 6 heteroatoms. The van der Waals surface area contributed by atoms with Gasteiger partial charge in [-0.25, -0.2) is 0 Å². The lowest BCUT2D eigenvalue weighted by molar-refractivity contribution is 0.272. The summed E-state index contributed by atoms with van der Waals surface area (Å²) >= 11 is 5.11. The summed E-state index contributed by atoms with van der Waals surface area (Å²) in [6, 6.07) is 18.0. The zero-order chi connectivity index (χ0) is 16.5. The summed E-state index contributed by atoms with van der Waals surface area (Å²) in [4.78, 5) is 0. The number of rotatable bonds is 4. The number of benzene rings is 2. The van der Waals surface area contributed by atoms with Gasteiger partial charge < -0.3 is 13.7 Å². The summed E-state index contributed by atoms with van der Waals surface area (Å²) in [5.41, 5.74) is 0. The molecule has 2 aromatic carbocycles. The van der Waals surface area contributed by atoms with Crippen LogP contribution in [0.5, 0.6) is 5.75 Å². The van der Waals surface area contributed by atoms with Crippen LogP contribution in [-0.4, -0.2) is 14.8 Å². The summed E-state index contributed by atoms with van der Waals surface area (Å²) < 4.78 is 14.0. The number of H-pyrrole nitrogens is 1. The average molecular weight is 337 g/mol. The van der Waals surface area contributed by atoms with Crippen molar-refractivity contribution in [1.82, 2.24) is 14.8 Å². The predicted molar refractivity (Wildman–Crippen MR) is 94.4 cm³/mol. The maximum atomic E-state index is 5.84. The van der Waals surface area contributed by atoms with E-state index in [9.17, 15) is 0 Å². The largest absolute Gasteiger partial charge is 0.486 e. The second-order valence-corrected chi connectivity index (χ2v) is 5.86. The fourth-order valence-corrected chi connectivity index (χ4v) is 2.69. The van der Waals surface area contributed by atoms with E-state index < -0.39 is 0 Å². The lowest BCUT2D eigenvalue weighted by Crippen LogP contribution is -1.94. The van der Waals surface area contributed by atoms with Crippen LogP contribution < -0.4 is 4.74 Å². The lowest BCUT2D eigenvalue weighted by Gasteiger charge is -2.05. The van der Waals surface area contributed by atoms with Crippen molar-refractivity contribution >= 4 is 23.0 Å². The molecular weight excluding hydrogens is 322 g/mol. The zero-order valence-electron chi connectivity index (χ0n) is 13.0. The Hall–Kier alpha value is -2.86. The highest BCUT2D eigenvalue weighted by atomic mass is 32.1. The van der Waals surface area contributed by atoms with E-state index in [-0.39, 0.29) is 0 Å². The summed E-state index contributed by atoms with van der Waals surface area (Å²) in [5.74, 6) is 2.86. The number of nitrogens with zero attached hydrogens (tertiary/aromatic N) is 2. The quantitative estimate of drug-likeness (QED) is 0.558. The first-order chi connectivity index (χ1) is 11.7. The van der Waals surface area contributed by atoms with Crippen molar-refractivity contribution < 1.29 is 9.15 Å². The Morgan fingerprint density at radius 3 is 2.75 bits per heavy atom. The molecule has 4 aromatic rings. The molecule has 0 aliphatic heterocycles. The van der Waals surface area contributed by atoms with Crippen LogP contribution in [0.25, 0.3) is 22.4 Å².